The standard InChI is InChI=1S/C15H12Cl2F2N2O/c1-9-3-2-6-20-13(9)14(22)21-8-15(18,19)11-5-4-10(16)7-12(11)17/h2-7H,8H2,1H3,(H,21,22). The Balaban J connectivity index is 2.13. The summed E-state index contributed by atoms with van der Waals surface area (Å²) < 4.78 is 28.3. The van der Waals surface area contributed by atoms with Crippen LogP contribution in [0.2, 0.25) is 10.0 Å². The summed E-state index contributed by atoms with van der Waals surface area (Å²) in [6.45, 7) is 0.791. The summed E-state index contributed by atoms with van der Waals surface area (Å²) in [7, 11) is 0. The van der Waals surface area contributed by atoms with E-state index in [4.69, 9.17) is 23.2 Å². The van der Waals surface area contributed by atoms with Gasteiger partial charge in [0.1, 0.15) is 5.69 Å². The highest BCUT2D eigenvalue weighted by atomic mass is 35.5. The summed E-state index contributed by atoms with van der Waals surface area (Å²) in [6.07, 6.45) is 1.43. The molecule has 0 unspecified atom stereocenters. The normalized spacial score (nSPS) is 11.3. The number of pyridine rings is 1. The van der Waals surface area contributed by atoms with Crippen molar-refractivity contribution >= 4 is 29.1 Å². The molecular formula is C15H12Cl2F2N2O. The van der Waals surface area contributed by atoms with E-state index in [1.54, 1.807) is 19.1 Å². The third kappa shape index (κ3) is 3.72. The lowest BCUT2D eigenvalue weighted by Gasteiger charge is -2.19. The topological polar surface area (TPSA) is 42.0 Å². The molecule has 116 valence electrons. The van der Waals surface area contributed by atoms with E-state index in [0.717, 1.165) is 6.07 Å². The van der Waals surface area contributed by atoms with E-state index in [-0.39, 0.29) is 15.7 Å². The van der Waals surface area contributed by atoms with Crippen molar-refractivity contribution in [1.29, 1.82) is 0 Å². The third-order valence-corrected chi connectivity index (χ3v) is 3.57. The fourth-order valence-corrected chi connectivity index (χ4v) is 2.43. The van der Waals surface area contributed by atoms with E-state index in [1.807, 2.05) is 0 Å². The average molecular weight is 345 g/mol. The Morgan fingerprint density at radius 3 is 2.68 bits per heavy atom. The van der Waals surface area contributed by atoms with Gasteiger partial charge in [0, 0.05) is 16.8 Å². The predicted molar refractivity (Wildman–Crippen MR) is 81.7 cm³/mol. The molecule has 1 amide bonds. The van der Waals surface area contributed by atoms with Crippen LogP contribution in [0.25, 0.3) is 0 Å². The number of amides is 1. The van der Waals surface area contributed by atoms with Gasteiger partial charge < -0.3 is 5.32 Å². The van der Waals surface area contributed by atoms with Gasteiger partial charge in [0.25, 0.3) is 11.8 Å². The lowest BCUT2D eigenvalue weighted by molar-refractivity contribution is -0.00242. The maximum Gasteiger partial charge on any atom is 0.291 e. The van der Waals surface area contributed by atoms with Crippen molar-refractivity contribution in [2.24, 2.45) is 0 Å². The molecule has 3 nitrogen and oxygen atoms in total. The number of nitrogens with one attached hydrogen (secondary N) is 1. The van der Waals surface area contributed by atoms with Crippen LogP contribution in [0.5, 0.6) is 0 Å². The van der Waals surface area contributed by atoms with Gasteiger partial charge in [-0.25, -0.2) is 0 Å². The largest absolute Gasteiger partial charge is 0.344 e. The first-order valence-corrected chi connectivity index (χ1v) is 7.10. The summed E-state index contributed by atoms with van der Waals surface area (Å²) in [5.74, 6) is -3.98. The van der Waals surface area contributed by atoms with Crippen molar-refractivity contribution < 1.29 is 13.6 Å². The number of aromatic nitrogens is 1. The second-order valence-corrected chi connectivity index (χ2v) is 5.52. The number of benzene rings is 1. The summed E-state index contributed by atoms with van der Waals surface area (Å²) in [6, 6.07) is 7.03. The van der Waals surface area contributed by atoms with Gasteiger partial charge in [-0.3, -0.25) is 9.78 Å². The Hall–Kier alpha value is -1.72. The molecule has 0 aliphatic rings. The summed E-state index contributed by atoms with van der Waals surface area (Å²) in [4.78, 5) is 15.8. The first kappa shape index (κ1) is 16.6. The van der Waals surface area contributed by atoms with Crippen LogP contribution in [0.15, 0.2) is 36.5 Å². The summed E-state index contributed by atoms with van der Waals surface area (Å²) in [5.41, 5.74) is 0.324. The molecule has 2 aromatic rings. The van der Waals surface area contributed by atoms with Gasteiger partial charge in [0.05, 0.1) is 11.6 Å². The van der Waals surface area contributed by atoms with E-state index < -0.39 is 23.9 Å². The van der Waals surface area contributed by atoms with Gasteiger partial charge in [-0.05, 0) is 36.8 Å². The maximum absolute atomic E-state index is 14.2. The third-order valence-electron chi connectivity index (χ3n) is 3.02. The lowest BCUT2D eigenvalue weighted by atomic mass is 10.1. The second-order valence-electron chi connectivity index (χ2n) is 4.68. The minimum Gasteiger partial charge on any atom is -0.344 e. The quantitative estimate of drug-likeness (QED) is 0.902. The van der Waals surface area contributed by atoms with Crippen LogP contribution in [0, 0.1) is 6.92 Å². The number of carbonyl (C=O) groups excluding carboxylic acids is 1. The van der Waals surface area contributed by atoms with Crippen LogP contribution < -0.4 is 5.32 Å². The number of hydrogen-bond donors (Lipinski definition) is 1. The van der Waals surface area contributed by atoms with Crippen LogP contribution >= 0.6 is 23.2 Å². The molecule has 7 heteroatoms. The molecule has 0 atom stereocenters. The Morgan fingerprint density at radius 2 is 2.05 bits per heavy atom. The van der Waals surface area contributed by atoms with Gasteiger partial charge in [-0.1, -0.05) is 29.3 Å². The molecule has 1 aromatic heterocycles. The van der Waals surface area contributed by atoms with Crippen LogP contribution in [-0.2, 0) is 5.92 Å². The van der Waals surface area contributed by atoms with Crippen LogP contribution in [0.3, 0.4) is 0 Å². The van der Waals surface area contributed by atoms with E-state index in [0.29, 0.717) is 5.56 Å². The van der Waals surface area contributed by atoms with E-state index in [1.165, 1.54) is 18.3 Å². The first-order valence-electron chi connectivity index (χ1n) is 6.34. The molecule has 0 aliphatic heterocycles. The van der Waals surface area contributed by atoms with E-state index in [2.05, 4.69) is 10.3 Å². The zero-order chi connectivity index (χ0) is 16.3. The zero-order valence-corrected chi connectivity index (χ0v) is 13.1. The van der Waals surface area contributed by atoms with Crippen molar-refractivity contribution in [3.05, 3.63) is 63.4 Å². The molecule has 2 rings (SSSR count). The summed E-state index contributed by atoms with van der Waals surface area (Å²) >= 11 is 11.5. The van der Waals surface area contributed by atoms with E-state index >= 15 is 0 Å². The van der Waals surface area contributed by atoms with Gasteiger partial charge in [-0.2, -0.15) is 8.78 Å². The Labute approximate surface area is 136 Å². The molecule has 0 bridgehead atoms. The molecule has 1 heterocycles. The number of nitrogens with zero attached hydrogens (tertiary/aromatic N) is 1. The van der Waals surface area contributed by atoms with Crippen LogP contribution in [0.1, 0.15) is 21.6 Å². The highest BCUT2D eigenvalue weighted by molar-refractivity contribution is 6.35. The van der Waals surface area contributed by atoms with Crippen molar-refractivity contribution in [1.82, 2.24) is 10.3 Å². The van der Waals surface area contributed by atoms with Crippen molar-refractivity contribution in [2.75, 3.05) is 6.54 Å². The minimum atomic E-state index is -3.32. The van der Waals surface area contributed by atoms with Crippen molar-refractivity contribution in [3.8, 4) is 0 Å². The Kier molecular flexibility index (Phi) is 4.98. The Bertz CT molecular complexity index is 708. The fourth-order valence-electron chi connectivity index (χ4n) is 1.88. The Morgan fingerprint density at radius 1 is 1.32 bits per heavy atom. The highest BCUT2D eigenvalue weighted by Gasteiger charge is 2.34. The van der Waals surface area contributed by atoms with Gasteiger partial charge in [0.15, 0.2) is 0 Å². The molecular weight excluding hydrogens is 333 g/mol. The molecule has 0 spiro atoms. The number of hydrogen-bond acceptors (Lipinski definition) is 2. The number of alkyl halides is 2. The molecule has 0 saturated carbocycles. The molecule has 0 aliphatic carbocycles. The fraction of sp³-hybridized carbons (Fsp3) is 0.200. The first-order chi connectivity index (χ1) is 10.3. The number of halogens is 4. The van der Waals surface area contributed by atoms with Crippen LogP contribution in [-0.4, -0.2) is 17.4 Å². The molecule has 0 fully saturated rings. The van der Waals surface area contributed by atoms with Gasteiger partial charge >= 0.3 is 0 Å². The molecule has 0 radical (unpaired) electrons. The molecule has 1 N–H and O–H groups in total. The predicted octanol–water partition coefficient (Wildman–Crippen LogP) is 4.22. The van der Waals surface area contributed by atoms with Gasteiger partial charge in [-0.15, -0.1) is 0 Å². The summed E-state index contributed by atoms with van der Waals surface area (Å²) in [5, 5.41) is 2.29. The van der Waals surface area contributed by atoms with E-state index in [9.17, 15) is 13.6 Å². The van der Waals surface area contributed by atoms with Crippen LogP contribution in [0.4, 0.5) is 8.78 Å². The number of aryl methyl sites for hydroxylation is 1. The zero-order valence-electron chi connectivity index (χ0n) is 11.5. The maximum atomic E-state index is 14.2. The monoisotopic (exact) mass is 344 g/mol. The molecule has 22 heavy (non-hydrogen) atoms. The SMILES string of the molecule is Cc1cccnc1C(=O)NCC(F)(F)c1ccc(Cl)cc1Cl. The molecule has 0 saturated heterocycles. The minimum absolute atomic E-state index is 0.112. The highest BCUT2D eigenvalue weighted by Crippen LogP contribution is 2.34. The lowest BCUT2D eigenvalue weighted by Crippen LogP contribution is -2.35. The smallest absolute Gasteiger partial charge is 0.291 e. The van der Waals surface area contributed by atoms with Gasteiger partial charge in [0.2, 0.25) is 0 Å². The van der Waals surface area contributed by atoms with Crippen molar-refractivity contribution in [2.45, 2.75) is 12.8 Å². The number of rotatable bonds is 4. The average Bonchev–Trinajstić information content (AvgIpc) is 2.45. The van der Waals surface area contributed by atoms with Crippen molar-refractivity contribution in [3.63, 3.8) is 0 Å². The number of carbonyl (C=O) groups is 1. The second kappa shape index (κ2) is 6.58. The molecule has 1 aromatic carbocycles.